The largest absolute Gasteiger partial charge is 0.359 e. The lowest BCUT2D eigenvalue weighted by atomic mass is 9.90. The van der Waals surface area contributed by atoms with Crippen molar-refractivity contribution in [3.63, 3.8) is 0 Å². The smallest absolute Gasteiger partial charge is 0.330 e. The number of nitrogens with zero attached hydrogens (tertiary/aromatic N) is 2. The van der Waals surface area contributed by atoms with Gasteiger partial charge in [0, 0.05) is 29.2 Å². The Hall–Kier alpha value is -2.86. The molecule has 2 aliphatic heterocycles. The van der Waals surface area contributed by atoms with Gasteiger partial charge in [0.15, 0.2) is 5.78 Å². The van der Waals surface area contributed by atoms with Crippen LogP contribution >= 0.6 is 0 Å². The van der Waals surface area contributed by atoms with Crippen LogP contribution < -0.4 is 5.32 Å². The molecule has 6 heteroatoms. The number of anilines is 1. The second kappa shape index (κ2) is 7.40. The van der Waals surface area contributed by atoms with E-state index < -0.39 is 0 Å². The number of para-hydroxylation sites is 1. The molecule has 4 rings (SSSR count). The molecule has 2 N–H and O–H groups in total. The maximum absolute atomic E-state index is 13.0. The number of rotatable bonds is 3. The van der Waals surface area contributed by atoms with Gasteiger partial charge in [-0.1, -0.05) is 30.4 Å². The number of aromatic nitrogens is 1. The predicted octanol–water partition coefficient (Wildman–Crippen LogP) is 3.71. The Labute approximate surface area is 158 Å². The van der Waals surface area contributed by atoms with Crippen LogP contribution in [0.2, 0.25) is 0 Å². The Kier molecular flexibility index (Phi) is 4.81. The molecule has 0 aliphatic carbocycles. The highest BCUT2D eigenvalue weighted by Gasteiger charge is 2.31. The van der Waals surface area contributed by atoms with E-state index in [4.69, 9.17) is 0 Å². The fourth-order valence-electron chi connectivity index (χ4n) is 3.75. The van der Waals surface area contributed by atoms with Crippen LogP contribution in [0.1, 0.15) is 19.3 Å². The second-order valence-electron chi connectivity index (χ2n) is 7.20. The minimum absolute atomic E-state index is 0.0117. The van der Waals surface area contributed by atoms with Crippen molar-refractivity contribution in [2.24, 2.45) is 5.92 Å². The summed E-state index contributed by atoms with van der Waals surface area (Å²) in [6, 6.07) is 7.47. The number of ketones is 1. The summed E-state index contributed by atoms with van der Waals surface area (Å²) in [5, 5.41) is 3.88. The minimum atomic E-state index is -0.316. The number of fused-ring (bicyclic) bond motifs is 1. The second-order valence-corrected chi connectivity index (χ2v) is 7.20. The van der Waals surface area contributed by atoms with Gasteiger partial charge in [-0.2, -0.15) is 0 Å². The van der Waals surface area contributed by atoms with Crippen LogP contribution in [0.15, 0.2) is 54.5 Å². The number of aromatic amines is 1. The van der Waals surface area contributed by atoms with Crippen molar-refractivity contribution in [2.45, 2.75) is 19.3 Å². The Morgan fingerprint density at radius 2 is 1.96 bits per heavy atom. The summed E-state index contributed by atoms with van der Waals surface area (Å²) in [4.78, 5) is 32.8. The van der Waals surface area contributed by atoms with E-state index in [9.17, 15) is 9.59 Å². The summed E-state index contributed by atoms with van der Waals surface area (Å²) in [6.45, 7) is 1.84. The van der Waals surface area contributed by atoms with Gasteiger partial charge in [0.2, 0.25) is 0 Å². The number of benzene rings is 1. The maximum atomic E-state index is 13.0. The average molecular weight is 364 g/mol. The Morgan fingerprint density at radius 3 is 2.78 bits per heavy atom. The van der Waals surface area contributed by atoms with E-state index in [1.165, 1.54) is 4.90 Å². The number of hydrogen-bond acceptors (Lipinski definition) is 3. The van der Waals surface area contributed by atoms with Gasteiger partial charge in [-0.3, -0.25) is 9.69 Å². The average Bonchev–Trinajstić information content (AvgIpc) is 3.11. The number of carbonyl (C=O) groups excluding carboxylic acids is 2. The molecule has 140 valence electrons. The summed E-state index contributed by atoms with van der Waals surface area (Å²) in [7, 11) is 2.07. The van der Waals surface area contributed by atoms with Crippen molar-refractivity contribution in [2.75, 3.05) is 25.5 Å². The number of urea groups is 1. The van der Waals surface area contributed by atoms with Gasteiger partial charge < -0.3 is 15.2 Å². The van der Waals surface area contributed by atoms with Crippen molar-refractivity contribution >= 4 is 28.4 Å². The van der Waals surface area contributed by atoms with E-state index in [1.807, 2.05) is 36.4 Å². The molecular weight excluding hydrogens is 340 g/mol. The molecule has 0 saturated carbocycles. The monoisotopic (exact) mass is 364 g/mol. The van der Waals surface area contributed by atoms with Crippen molar-refractivity contribution in [1.82, 2.24) is 14.8 Å². The summed E-state index contributed by atoms with van der Waals surface area (Å²) in [5.41, 5.74) is 2.16. The molecule has 2 aromatic rings. The van der Waals surface area contributed by atoms with Crippen LogP contribution in [0.4, 0.5) is 10.5 Å². The van der Waals surface area contributed by atoms with Crippen LogP contribution in [-0.2, 0) is 4.79 Å². The molecule has 0 radical (unpaired) electrons. The highest BCUT2D eigenvalue weighted by atomic mass is 16.2. The molecule has 27 heavy (non-hydrogen) atoms. The number of likely N-dealkylation sites (tertiary alicyclic amines) is 1. The lowest BCUT2D eigenvalue weighted by molar-refractivity contribution is -0.121. The third-order valence-corrected chi connectivity index (χ3v) is 5.35. The first-order chi connectivity index (χ1) is 13.1. The molecule has 0 unspecified atom stereocenters. The summed E-state index contributed by atoms with van der Waals surface area (Å²) in [6.07, 6.45) is 9.58. The van der Waals surface area contributed by atoms with Crippen LogP contribution in [0.3, 0.4) is 0 Å². The quantitative estimate of drug-likeness (QED) is 0.872. The van der Waals surface area contributed by atoms with Gasteiger partial charge in [-0.05, 0) is 45.5 Å². The van der Waals surface area contributed by atoms with Gasteiger partial charge in [0.05, 0.1) is 11.4 Å². The van der Waals surface area contributed by atoms with Gasteiger partial charge in [-0.25, -0.2) is 4.79 Å². The standard InChI is InChI=1S/C21H24N4O2/c1-24-12-9-15(10-13-24)20(26)19-8-4-5-11-25(19)21(27)23-18-14-22-17-7-3-2-6-16(17)18/h2-3,5-8,11,14-15,22H,4,9-10,12-13H2,1H3,(H,23,27). The Balaban J connectivity index is 1.51. The van der Waals surface area contributed by atoms with Gasteiger partial charge in [-0.15, -0.1) is 0 Å². The number of piperidine rings is 1. The van der Waals surface area contributed by atoms with Crippen molar-refractivity contribution in [3.05, 3.63) is 54.5 Å². The first-order valence-corrected chi connectivity index (χ1v) is 9.39. The fraction of sp³-hybridized carbons (Fsp3) is 0.333. The van der Waals surface area contributed by atoms with Crippen LogP contribution in [-0.4, -0.2) is 46.7 Å². The van der Waals surface area contributed by atoms with Crippen LogP contribution in [0.25, 0.3) is 10.9 Å². The lowest BCUT2D eigenvalue weighted by Crippen LogP contribution is -2.39. The topological polar surface area (TPSA) is 68.4 Å². The number of carbonyl (C=O) groups is 2. The van der Waals surface area contributed by atoms with E-state index in [-0.39, 0.29) is 17.7 Å². The highest BCUT2D eigenvalue weighted by Crippen LogP contribution is 2.27. The third-order valence-electron chi connectivity index (χ3n) is 5.35. The zero-order valence-corrected chi connectivity index (χ0v) is 15.4. The first kappa shape index (κ1) is 17.5. The fourth-order valence-corrected chi connectivity index (χ4v) is 3.75. The molecule has 2 aliphatic rings. The van der Waals surface area contributed by atoms with E-state index in [0.717, 1.165) is 36.8 Å². The molecule has 3 heterocycles. The minimum Gasteiger partial charge on any atom is -0.359 e. The number of Topliss-reactive ketones (excluding diaryl/α,β-unsaturated/α-hetero) is 1. The van der Waals surface area contributed by atoms with Crippen molar-refractivity contribution in [1.29, 1.82) is 0 Å². The summed E-state index contributed by atoms with van der Waals surface area (Å²) < 4.78 is 0. The molecule has 6 nitrogen and oxygen atoms in total. The van der Waals surface area contributed by atoms with Crippen molar-refractivity contribution < 1.29 is 9.59 Å². The van der Waals surface area contributed by atoms with Gasteiger partial charge in [0.1, 0.15) is 0 Å². The van der Waals surface area contributed by atoms with Gasteiger partial charge >= 0.3 is 6.03 Å². The van der Waals surface area contributed by atoms with E-state index in [2.05, 4.69) is 22.2 Å². The normalized spacial score (nSPS) is 18.6. The molecule has 0 spiro atoms. The summed E-state index contributed by atoms with van der Waals surface area (Å²) in [5.74, 6) is 0.0591. The summed E-state index contributed by atoms with van der Waals surface area (Å²) >= 11 is 0. The number of amides is 2. The molecule has 0 atom stereocenters. The van der Waals surface area contributed by atoms with E-state index in [1.54, 1.807) is 12.4 Å². The number of hydrogen-bond donors (Lipinski definition) is 2. The Bertz CT molecular complexity index is 919. The first-order valence-electron chi connectivity index (χ1n) is 9.39. The highest BCUT2D eigenvalue weighted by molar-refractivity contribution is 6.06. The van der Waals surface area contributed by atoms with E-state index in [0.29, 0.717) is 17.8 Å². The number of allylic oxidation sites excluding steroid dienone is 3. The molecule has 1 saturated heterocycles. The molecule has 1 aromatic carbocycles. The SMILES string of the molecule is CN1CCC(C(=O)C2=CCC=CN2C(=O)Nc2c[nH]c3ccccc23)CC1. The lowest BCUT2D eigenvalue weighted by Gasteiger charge is -2.31. The number of nitrogens with one attached hydrogen (secondary N) is 2. The zero-order valence-electron chi connectivity index (χ0n) is 15.4. The predicted molar refractivity (Wildman–Crippen MR) is 106 cm³/mol. The van der Waals surface area contributed by atoms with Crippen LogP contribution in [0, 0.1) is 5.92 Å². The zero-order chi connectivity index (χ0) is 18.8. The van der Waals surface area contributed by atoms with Crippen molar-refractivity contribution in [3.8, 4) is 0 Å². The third kappa shape index (κ3) is 3.53. The van der Waals surface area contributed by atoms with Gasteiger partial charge in [0.25, 0.3) is 0 Å². The Morgan fingerprint density at radius 1 is 1.19 bits per heavy atom. The van der Waals surface area contributed by atoms with E-state index >= 15 is 0 Å². The molecule has 1 aromatic heterocycles. The van der Waals surface area contributed by atoms with Crippen LogP contribution in [0.5, 0.6) is 0 Å². The molecule has 0 bridgehead atoms. The number of H-pyrrole nitrogens is 1. The molecular formula is C21H24N4O2. The maximum Gasteiger partial charge on any atom is 0.330 e. The molecule has 2 amide bonds. The molecule has 1 fully saturated rings.